The Kier molecular flexibility index (Phi) is 9.60. The van der Waals surface area contributed by atoms with Crippen molar-refractivity contribution in [1.29, 1.82) is 0 Å². The first-order valence-electron chi connectivity index (χ1n) is 5.93. The van der Waals surface area contributed by atoms with Gasteiger partial charge in [-0.05, 0) is 6.92 Å². The Morgan fingerprint density at radius 1 is 0.950 bits per heavy atom. The fraction of sp³-hybridized carbons (Fsp3) is 0.125. The molecule has 0 bridgehead atoms. The molecule has 0 fully saturated rings. The van der Waals surface area contributed by atoms with Gasteiger partial charge >= 0.3 is 0 Å². The summed E-state index contributed by atoms with van der Waals surface area (Å²) in [5.41, 5.74) is 1.63. The number of aliphatic hydroxyl groups excluding tert-OH is 1. The van der Waals surface area contributed by atoms with E-state index in [1.54, 1.807) is 6.92 Å². The lowest BCUT2D eigenvalue weighted by atomic mass is 10.1. The van der Waals surface area contributed by atoms with Crippen LogP contribution in [0, 0.1) is 6.92 Å². The smallest absolute Gasteiger partial charge is 0.218 e. The number of carbonyl (C=O) groups excluding carboxylic acids is 1. The minimum absolute atomic E-state index is 0.121. The predicted octanol–water partition coefficient (Wildman–Crippen LogP) is 3.46. The maximum atomic E-state index is 10.6. The summed E-state index contributed by atoms with van der Waals surface area (Å²) in [5, 5.41) is 20.9. The fourth-order valence-corrected chi connectivity index (χ4v) is 1.35. The van der Waals surface area contributed by atoms with Crippen LogP contribution in [0.2, 0.25) is 0 Å². The molecule has 1 atom stereocenters. The molecule has 20 heavy (non-hydrogen) atoms. The lowest BCUT2D eigenvalue weighted by molar-refractivity contribution is -0.176. The normalized spacial score (nSPS) is 10.2. The summed E-state index contributed by atoms with van der Waals surface area (Å²) in [5.74, 6) is 0.121. The van der Waals surface area contributed by atoms with Gasteiger partial charge in [0.15, 0.2) is 5.78 Å². The van der Waals surface area contributed by atoms with Crippen molar-refractivity contribution in [3.8, 4) is 0 Å². The van der Waals surface area contributed by atoms with Gasteiger partial charge in [-0.1, -0.05) is 60.7 Å². The molecule has 0 saturated heterocycles. The topological polar surface area (TPSA) is 77.8 Å². The van der Waals surface area contributed by atoms with E-state index >= 15 is 0 Å². The number of hydrogen-bond acceptors (Lipinski definition) is 4. The van der Waals surface area contributed by atoms with Gasteiger partial charge in [0.25, 0.3) is 0 Å². The SMILES string of the molecule is CC(=O)c1ccccc1.OO.[CH2+]C(O)c1ccccc1. The molecule has 0 aliphatic carbocycles. The highest BCUT2D eigenvalue weighted by molar-refractivity contribution is 5.93. The first-order chi connectivity index (χ1) is 9.61. The van der Waals surface area contributed by atoms with Gasteiger partial charge in [-0.2, -0.15) is 0 Å². The molecule has 4 heteroatoms. The second kappa shape index (κ2) is 10.8. The first-order valence-corrected chi connectivity index (χ1v) is 5.93. The molecule has 0 heterocycles. The van der Waals surface area contributed by atoms with E-state index in [0.717, 1.165) is 11.1 Å². The molecule has 0 saturated carbocycles. The van der Waals surface area contributed by atoms with E-state index in [1.807, 2.05) is 60.7 Å². The van der Waals surface area contributed by atoms with Gasteiger partial charge in [-0.15, -0.1) is 0 Å². The van der Waals surface area contributed by atoms with Gasteiger partial charge in [0.2, 0.25) is 6.10 Å². The van der Waals surface area contributed by atoms with E-state index in [2.05, 4.69) is 6.92 Å². The fourth-order valence-electron chi connectivity index (χ4n) is 1.35. The Morgan fingerprint density at radius 3 is 1.60 bits per heavy atom. The van der Waals surface area contributed by atoms with Crippen molar-refractivity contribution in [2.45, 2.75) is 13.0 Å². The summed E-state index contributed by atoms with van der Waals surface area (Å²) in [7, 11) is 0. The zero-order valence-corrected chi connectivity index (χ0v) is 11.3. The summed E-state index contributed by atoms with van der Waals surface area (Å²) in [4.78, 5) is 10.6. The van der Waals surface area contributed by atoms with Crippen LogP contribution in [0.25, 0.3) is 0 Å². The van der Waals surface area contributed by atoms with Crippen molar-refractivity contribution in [2.24, 2.45) is 0 Å². The molecule has 0 aromatic heterocycles. The van der Waals surface area contributed by atoms with Gasteiger partial charge in [0.1, 0.15) is 0 Å². The Labute approximate surface area is 118 Å². The molecule has 2 aromatic rings. The highest BCUT2D eigenvalue weighted by Gasteiger charge is 2.02. The Bertz CT molecular complexity index is 466. The van der Waals surface area contributed by atoms with Gasteiger partial charge < -0.3 is 5.11 Å². The Balaban J connectivity index is 0.000000321. The van der Waals surface area contributed by atoms with Crippen LogP contribution in [0.1, 0.15) is 28.9 Å². The second-order valence-corrected chi connectivity index (χ2v) is 3.85. The number of Topliss-reactive ketones (excluding diaryl/α,β-unsaturated/α-hetero) is 1. The van der Waals surface area contributed by atoms with Gasteiger partial charge in [0.05, 0.1) is 6.92 Å². The molecule has 0 radical (unpaired) electrons. The molecule has 0 amide bonds. The molecule has 3 N–H and O–H groups in total. The molecule has 2 aromatic carbocycles. The van der Waals surface area contributed by atoms with E-state index < -0.39 is 6.10 Å². The summed E-state index contributed by atoms with van der Waals surface area (Å²) in [6.45, 7) is 5.03. The molecule has 2 rings (SSSR count). The van der Waals surface area contributed by atoms with Crippen LogP contribution in [0.15, 0.2) is 60.7 Å². The summed E-state index contributed by atoms with van der Waals surface area (Å²) in [6.07, 6.45) is -0.591. The van der Waals surface area contributed by atoms with Crippen LogP contribution in [0.4, 0.5) is 0 Å². The van der Waals surface area contributed by atoms with E-state index in [1.165, 1.54) is 0 Å². The molecule has 0 aliphatic heterocycles. The largest absolute Gasteiger partial charge is 0.350 e. The number of aliphatic hydroxyl groups is 1. The lowest BCUT2D eigenvalue weighted by Gasteiger charge is -1.94. The van der Waals surface area contributed by atoms with Crippen molar-refractivity contribution >= 4 is 5.78 Å². The van der Waals surface area contributed by atoms with Gasteiger partial charge in [-0.25, -0.2) is 0 Å². The van der Waals surface area contributed by atoms with E-state index in [4.69, 9.17) is 15.6 Å². The number of benzene rings is 2. The number of ketones is 1. The van der Waals surface area contributed by atoms with Crippen LogP contribution >= 0.6 is 0 Å². The van der Waals surface area contributed by atoms with Gasteiger partial charge in [-0.3, -0.25) is 15.3 Å². The number of carbonyl (C=O) groups is 1. The van der Waals surface area contributed by atoms with Crippen molar-refractivity contribution in [3.05, 3.63) is 78.7 Å². The lowest BCUT2D eigenvalue weighted by Crippen LogP contribution is -1.88. The molecule has 1 unspecified atom stereocenters. The van der Waals surface area contributed by atoms with E-state index in [0.29, 0.717) is 0 Å². The standard InChI is InChI=1S/C8H9O.C8H8O.H2O2/c2*1-7(9)8-5-3-2-4-6-8;1-2/h2-7,9H,1H2;2-6H,1H3;1-2H/q+1;;. The van der Waals surface area contributed by atoms with Crippen LogP contribution in [-0.4, -0.2) is 21.4 Å². The van der Waals surface area contributed by atoms with Crippen molar-refractivity contribution in [2.75, 3.05) is 0 Å². The zero-order chi connectivity index (χ0) is 15.4. The average Bonchev–Trinajstić information content (AvgIpc) is 2.51. The van der Waals surface area contributed by atoms with Crippen molar-refractivity contribution < 1.29 is 20.4 Å². The predicted molar refractivity (Wildman–Crippen MR) is 78.5 cm³/mol. The summed E-state index contributed by atoms with van der Waals surface area (Å²) >= 11 is 0. The van der Waals surface area contributed by atoms with Crippen LogP contribution < -0.4 is 0 Å². The minimum Gasteiger partial charge on any atom is -0.350 e. The molecule has 106 valence electrons. The third-order valence-electron chi connectivity index (χ3n) is 2.36. The maximum absolute atomic E-state index is 10.6. The van der Waals surface area contributed by atoms with Crippen LogP contribution in [-0.2, 0) is 0 Å². The summed E-state index contributed by atoms with van der Waals surface area (Å²) in [6, 6.07) is 18.6. The molecular formula is C16H19O4+. The van der Waals surface area contributed by atoms with Crippen LogP contribution in [0.3, 0.4) is 0 Å². The van der Waals surface area contributed by atoms with Crippen LogP contribution in [0.5, 0.6) is 0 Å². The van der Waals surface area contributed by atoms with Gasteiger partial charge in [0, 0.05) is 11.1 Å². The molecular weight excluding hydrogens is 256 g/mol. The minimum atomic E-state index is -0.591. The highest BCUT2D eigenvalue weighted by Crippen LogP contribution is 2.08. The Morgan fingerprint density at radius 2 is 1.35 bits per heavy atom. The van der Waals surface area contributed by atoms with Crippen molar-refractivity contribution in [1.82, 2.24) is 0 Å². The molecule has 0 aliphatic rings. The number of rotatable bonds is 2. The second-order valence-electron chi connectivity index (χ2n) is 3.85. The van der Waals surface area contributed by atoms with Crippen molar-refractivity contribution in [3.63, 3.8) is 0 Å². The third kappa shape index (κ3) is 7.33. The molecule has 4 nitrogen and oxygen atoms in total. The molecule has 0 spiro atoms. The van der Waals surface area contributed by atoms with E-state index in [-0.39, 0.29) is 5.78 Å². The zero-order valence-electron chi connectivity index (χ0n) is 11.3. The first kappa shape index (κ1) is 17.9. The summed E-state index contributed by atoms with van der Waals surface area (Å²) < 4.78 is 0. The maximum Gasteiger partial charge on any atom is 0.218 e. The number of hydrogen-bond donors (Lipinski definition) is 3. The third-order valence-corrected chi connectivity index (χ3v) is 2.36. The average molecular weight is 275 g/mol. The highest BCUT2D eigenvalue weighted by atomic mass is 17.0. The van der Waals surface area contributed by atoms with E-state index in [9.17, 15) is 4.79 Å². The monoisotopic (exact) mass is 275 g/mol. The Hall–Kier alpha value is -2.14. The quantitative estimate of drug-likeness (QED) is 0.339.